The van der Waals surface area contributed by atoms with Crippen LogP contribution in [0.25, 0.3) is 0 Å². The molecule has 1 saturated heterocycles. The zero-order chi connectivity index (χ0) is 13.8. The predicted octanol–water partition coefficient (Wildman–Crippen LogP) is 2.08. The first-order valence-electron chi connectivity index (χ1n) is 6.96. The standard InChI is InChI=1S/C15H24N4/c1-11(2)19-7-6-18-10-15(19)12-4-5-14(17-3)13(8-12)9-16/h4-5,8-9,11,15-18H,6-7,10H2,1-3H3. The molecule has 0 radical (unpaired) electrons. The highest BCUT2D eigenvalue weighted by molar-refractivity contribution is 5.86. The molecule has 0 spiro atoms. The third-order valence-electron chi connectivity index (χ3n) is 3.83. The lowest BCUT2D eigenvalue weighted by Gasteiger charge is -2.39. The largest absolute Gasteiger partial charge is 0.388 e. The average molecular weight is 260 g/mol. The Balaban J connectivity index is 2.31. The minimum absolute atomic E-state index is 0.401. The first-order chi connectivity index (χ1) is 9.17. The van der Waals surface area contributed by atoms with Crippen LogP contribution < -0.4 is 10.6 Å². The first kappa shape index (κ1) is 14.0. The Labute approximate surface area is 115 Å². The number of rotatable bonds is 4. The summed E-state index contributed by atoms with van der Waals surface area (Å²) < 4.78 is 0. The lowest BCUT2D eigenvalue weighted by atomic mass is 9.99. The van der Waals surface area contributed by atoms with Crippen molar-refractivity contribution in [3.8, 4) is 0 Å². The van der Waals surface area contributed by atoms with E-state index in [9.17, 15) is 0 Å². The molecule has 1 aromatic rings. The molecular weight excluding hydrogens is 236 g/mol. The maximum Gasteiger partial charge on any atom is 0.0476 e. The molecule has 19 heavy (non-hydrogen) atoms. The molecule has 0 saturated carbocycles. The van der Waals surface area contributed by atoms with Crippen molar-refractivity contribution in [2.75, 3.05) is 32.0 Å². The molecule has 1 aliphatic rings. The summed E-state index contributed by atoms with van der Waals surface area (Å²) in [6.45, 7) is 7.61. The molecule has 104 valence electrons. The van der Waals surface area contributed by atoms with Gasteiger partial charge < -0.3 is 16.0 Å². The molecule has 3 N–H and O–H groups in total. The molecule has 1 aliphatic heterocycles. The van der Waals surface area contributed by atoms with Crippen molar-refractivity contribution in [2.45, 2.75) is 25.9 Å². The van der Waals surface area contributed by atoms with Gasteiger partial charge in [0.15, 0.2) is 0 Å². The highest BCUT2D eigenvalue weighted by Crippen LogP contribution is 2.27. The fourth-order valence-corrected chi connectivity index (χ4v) is 2.78. The molecule has 4 heteroatoms. The van der Waals surface area contributed by atoms with Gasteiger partial charge in [-0.3, -0.25) is 4.90 Å². The molecule has 1 heterocycles. The van der Waals surface area contributed by atoms with Gasteiger partial charge in [0, 0.05) is 56.2 Å². The lowest BCUT2D eigenvalue weighted by Crippen LogP contribution is -2.48. The second-order valence-corrected chi connectivity index (χ2v) is 5.29. The summed E-state index contributed by atoms with van der Waals surface area (Å²) in [5.41, 5.74) is 3.26. The highest BCUT2D eigenvalue weighted by Gasteiger charge is 2.25. The Morgan fingerprint density at radius 3 is 2.89 bits per heavy atom. The van der Waals surface area contributed by atoms with Crippen LogP contribution in [-0.4, -0.2) is 43.8 Å². The number of piperazine rings is 1. The summed E-state index contributed by atoms with van der Waals surface area (Å²) >= 11 is 0. The van der Waals surface area contributed by atoms with Gasteiger partial charge in [-0.2, -0.15) is 0 Å². The Kier molecular flexibility index (Phi) is 4.56. The van der Waals surface area contributed by atoms with Crippen molar-refractivity contribution in [3.05, 3.63) is 29.3 Å². The summed E-state index contributed by atoms with van der Waals surface area (Å²) in [6, 6.07) is 7.32. The quantitative estimate of drug-likeness (QED) is 0.727. The van der Waals surface area contributed by atoms with E-state index in [-0.39, 0.29) is 0 Å². The zero-order valence-electron chi connectivity index (χ0n) is 12.0. The maximum absolute atomic E-state index is 7.54. The number of hydrogen-bond donors (Lipinski definition) is 3. The normalized spacial score (nSPS) is 20.5. The van der Waals surface area contributed by atoms with Crippen LogP contribution in [0.15, 0.2) is 18.2 Å². The Morgan fingerprint density at radius 2 is 2.26 bits per heavy atom. The fourth-order valence-electron chi connectivity index (χ4n) is 2.78. The van der Waals surface area contributed by atoms with Crippen molar-refractivity contribution in [1.29, 1.82) is 5.41 Å². The summed E-state index contributed by atoms with van der Waals surface area (Å²) in [5, 5.41) is 14.1. The molecule has 1 unspecified atom stereocenters. The third kappa shape index (κ3) is 2.96. The average Bonchev–Trinajstić information content (AvgIpc) is 2.46. The van der Waals surface area contributed by atoms with Crippen LogP contribution >= 0.6 is 0 Å². The highest BCUT2D eigenvalue weighted by atomic mass is 15.2. The molecule has 0 bridgehead atoms. The summed E-state index contributed by atoms with van der Waals surface area (Å²) in [5.74, 6) is 0. The SMILES string of the molecule is CNc1ccc(C2CNCCN2C(C)C)cc1C=N. The molecule has 1 atom stereocenters. The molecule has 0 aromatic heterocycles. The molecular formula is C15H24N4. The first-order valence-corrected chi connectivity index (χ1v) is 6.96. The molecule has 1 aromatic carbocycles. The van der Waals surface area contributed by atoms with E-state index < -0.39 is 0 Å². The van der Waals surface area contributed by atoms with Gasteiger partial charge in [-0.1, -0.05) is 6.07 Å². The van der Waals surface area contributed by atoms with Crippen LogP contribution in [0.5, 0.6) is 0 Å². The van der Waals surface area contributed by atoms with Crippen molar-refractivity contribution in [1.82, 2.24) is 10.2 Å². The molecule has 1 fully saturated rings. The molecule has 0 aliphatic carbocycles. The van der Waals surface area contributed by atoms with E-state index >= 15 is 0 Å². The predicted molar refractivity (Wildman–Crippen MR) is 81.3 cm³/mol. The number of nitrogens with zero attached hydrogens (tertiary/aromatic N) is 1. The van der Waals surface area contributed by atoms with Crippen molar-refractivity contribution < 1.29 is 0 Å². The van der Waals surface area contributed by atoms with Gasteiger partial charge in [0.05, 0.1) is 0 Å². The summed E-state index contributed by atoms with van der Waals surface area (Å²) in [7, 11) is 1.89. The van der Waals surface area contributed by atoms with E-state index in [1.165, 1.54) is 11.8 Å². The van der Waals surface area contributed by atoms with E-state index in [1.54, 1.807) is 0 Å². The topological polar surface area (TPSA) is 51.1 Å². The second-order valence-electron chi connectivity index (χ2n) is 5.29. The third-order valence-corrected chi connectivity index (χ3v) is 3.83. The van der Waals surface area contributed by atoms with Crippen LogP contribution in [0.1, 0.15) is 31.0 Å². The van der Waals surface area contributed by atoms with Crippen molar-refractivity contribution >= 4 is 11.9 Å². The summed E-state index contributed by atoms with van der Waals surface area (Å²) in [4.78, 5) is 2.53. The number of benzene rings is 1. The molecule has 2 rings (SSSR count). The van der Waals surface area contributed by atoms with Crippen LogP contribution in [0.3, 0.4) is 0 Å². The minimum atomic E-state index is 0.401. The fraction of sp³-hybridized carbons (Fsp3) is 0.533. The Morgan fingerprint density at radius 1 is 1.47 bits per heavy atom. The van der Waals surface area contributed by atoms with Gasteiger partial charge in [0.25, 0.3) is 0 Å². The van der Waals surface area contributed by atoms with Gasteiger partial charge in [-0.25, -0.2) is 0 Å². The van der Waals surface area contributed by atoms with Gasteiger partial charge in [0.2, 0.25) is 0 Å². The number of nitrogens with one attached hydrogen (secondary N) is 3. The van der Waals surface area contributed by atoms with E-state index in [0.29, 0.717) is 12.1 Å². The van der Waals surface area contributed by atoms with Gasteiger partial charge in [-0.05, 0) is 31.5 Å². The smallest absolute Gasteiger partial charge is 0.0476 e. The number of anilines is 1. The Hall–Kier alpha value is -1.39. The summed E-state index contributed by atoms with van der Waals surface area (Å²) in [6.07, 6.45) is 1.42. The van der Waals surface area contributed by atoms with Crippen LogP contribution in [-0.2, 0) is 0 Å². The molecule has 0 amide bonds. The van der Waals surface area contributed by atoms with Crippen LogP contribution in [0.4, 0.5) is 5.69 Å². The van der Waals surface area contributed by atoms with E-state index in [2.05, 4.69) is 47.6 Å². The van der Waals surface area contributed by atoms with Crippen molar-refractivity contribution in [2.24, 2.45) is 0 Å². The van der Waals surface area contributed by atoms with Gasteiger partial charge in [-0.15, -0.1) is 0 Å². The van der Waals surface area contributed by atoms with Gasteiger partial charge >= 0.3 is 0 Å². The zero-order valence-corrected chi connectivity index (χ0v) is 12.0. The van der Waals surface area contributed by atoms with E-state index in [0.717, 1.165) is 30.9 Å². The van der Waals surface area contributed by atoms with Crippen molar-refractivity contribution in [3.63, 3.8) is 0 Å². The van der Waals surface area contributed by atoms with E-state index in [1.807, 2.05) is 7.05 Å². The van der Waals surface area contributed by atoms with Gasteiger partial charge in [0.1, 0.15) is 0 Å². The Bertz CT molecular complexity index is 442. The van der Waals surface area contributed by atoms with E-state index in [4.69, 9.17) is 5.41 Å². The molecule has 4 nitrogen and oxygen atoms in total. The second kappa shape index (κ2) is 6.17. The monoisotopic (exact) mass is 260 g/mol. The van der Waals surface area contributed by atoms with Crippen LogP contribution in [0, 0.1) is 5.41 Å². The number of hydrogen-bond acceptors (Lipinski definition) is 4. The lowest BCUT2D eigenvalue weighted by molar-refractivity contribution is 0.124. The minimum Gasteiger partial charge on any atom is -0.388 e. The van der Waals surface area contributed by atoms with Crippen LogP contribution in [0.2, 0.25) is 0 Å². The maximum atomic E-state index is 7.54.